The molecule has 0 aliphatic carbocycles. The van der Waals surface area contributed by atoms with Crippen molar-refractivity contribution in [3.05, 3.63) is 90.6 Å². The largest absolute Gasteiger partial charge is 0.463 e. The fraction of sp³-hybridized carbons (Fsp3) is 0.364. The minimum Gasteiger partial charge on any atom is -0.463 e. The fourth-order valence-electron chi connectivity index (χ4n) is 5.64. The monoisotopic (exact) mass is 601 g/mol. The van der Waals surface area contributed by atoms with Gasteiger partial charge in [-0.2, -0.15) is 0 Å². The van der Waals surface area contributed by atoms with Crippen molar-refractivity contribution in [3.63, 3.8) is 0 Å². The van der Waals surface area contributed by atoms with Crippen molar-refractivity contribution >= 4 is 40.4 Å². The van der Waals surface area contributed by atoms with Crippen LogP contribution in [0.15, 0.2) is 69.6 Å². The molecule has 0 saturated carbocycles. The number of carbonyl (C=O) groups is 3. The lowest BCUT2D eigenvalue weighted by atomic mass is 9.96. The first-order valence-electron chi connectivity index (χ1n) is 14.7. The van der Waals surface area contributed by atoms with Crippen LogP contribution in [-0.2, 0) is 19.1 Å². The number of anilines is 1. The molecular weight excluding hydrogens is 566 g/mol. The van der Waals surface area contributed by atoms with E-state index >= 15 is 0 Å². The van der Waals surface area contributed by atoms with Gasteiger partial charge >= 0.3 is 11.9 Å². The molecule has 1 amide bonds. The Kier molecular flexibility index (Phi) is 9.05. The van der Waals surface area contributed by atoms with Gasteiger partial charge in [-0.3, -0.25) is 19.0 Å². The average molecular weight is 602 g/mol. The number of allylic oxidation sites excluding steroid dienone is 1. The third kappa shape index (κ3) is 5.84. The molecule has 0 fully saturated rings. The van der Waals surface area contributed by atoms with Gasteiger partial charge in [-0.05, 0) is 44.0 Å². The number of esters is 2. The maximum atomic E-state index is 14.3. The SMILES string of the molecule is CCCCCCCN1C(=O)/C(=c2\sc3n(c2=O)C(c2ccc(OC(C)=O)cc2)C(C(=O)OCC)=C(C)N=3)c2ccccc21. The van der Waals surface area contributed by atoms with Crippen LogP contribution in [0.25, 0.3) is 5.57 Å². The molecule has 5 rings (SSSR count). The van der Waals surface area contributed by atoms with E-state index < -0.39 is 23.5 Å². The van der Waals surface area contributed by atoms with Gasteiger partial charge in [0.25, 0.3) is 11.5 Å². The van der Waals surface area contributed by atoms with E-state index in [-0.39, 0.29) is 22.6 Å². The zero-order chi connectivity index (χ0) is 30.7. The standard InChI is InChI=1S/C33H35N3O6S/c1-5-7-8-9-12-19-35-25-14-11-10-13-24(25)27(30(35)38)29-31(39)36-28(22-15-17-23(18-16-22)42-21(4)37)26(32(40)41-6-2)20(3)34-33(36)43-29/h10-11,13-18,28H,5-9,12,19H2,1-4H3/b29-27-. The van der Waals surface area contributed by atoms with Gasteiger partial charge in [-0.15, -0.1) is 0 Å². The zero-order valence-corrected chi connectivity index (χ0v) is 25.7. The van der Waals surface area contributed by atoms with Crippen molar-refractivity contribution < 1.29 is 23.9 Å². The van der Waals surface area contributed by atoms with E-state index in [9.17, 15) is 19.2 Å². The van der Waals surface area contributed by atoms with Crippen LogP contribution in [0.1, 0.15) is 77.0 Å². The van der Waals surface area contributed by atoms with Crippen LogP contribution in [0.2, 0.25) is 0 Å². The lowest BCUT2D eigenvalue weighted by Gasteiger charge is -2.24. The molecule has 0 bridgehead atoms. The van der Waals surface area contributed by atoms with Gasteiger partial charge in [0.2, 0.25) is 0 Å². The van der Waals surface area contributed by atoms with Crippen LogP contribution in [-0.4, -0.2) is 35.6 Å². The van der Waals surface area contributed by atoms with Crippen molar-refractivity contribution in [2.45, 2.75) is 65.8 Å². The summed E-state index contributed by atoms with van der Waals surface area (Å²) in [6, 6.07) is 13.3. The lowest BCUT2D eigenvalue weighted by Crippen LogP contribution is -2.41. The summed E-state index contributed by atoms with van der Waals surface area (Å²) in [5, 5.41) is 0. The van der Waals surface area contributed by atoms with Gasteiger partial charge in [-0.1, -0.05) is 74.3 Å². The molecule has 43 heavy (non-hydrogen) atoms. The number of aromatic nitrogens is 1. The van der Waals surface area contributed by atoms with Gasteiger partial charge in [0.1, 0.15) is 10.3 Å². The molecule has 224 valence electrons. The number of fused-ring (bicyclic) bond motifs is 2. The molecular formula is C33H35N3O6S. The van der Waals surface area contributed by atoms with Crippen LogP contribution in [0.4, 0.5) is 5.69 Å². The molecule has 0 N–H and O–H groups in total. The molecule has 3 heterocycles. The molecule has 3 aromatic rings. The molecule has 10 heteroatoms. The summed E-state index contributed by atoms with van der Waals surface area (Å²) < 4.78 is 12.3. The number of hydrogen-bond donors (Lipinski definition) is 0. The number of amides is 1. The van der Waals surface area contributed by atoms with Crippen LogP contribution in [0, 0.1) is 0 Å². The van der Waals surface area contributed by atoms with Crippen molar-refractivity contribution in [1.29, 1.82) is 0 Å². The Hall–Kier alpha value is -4.31. The summed E-state index contributed by atoms with van der Waals surface area (Å²) in [6.07, 6.45) is 5.34. The second-order valence-corrected chi connectivity index (χ2v) is 11.5. The second kappa shape index (κ2) is 12.9. The molecule has 2 aliphatic heterocycles. The van der Waals surface area contributed by atoms with Crippen LogP contribution < -0.4 is 24.5 Å². The fourth-order valence-corrected chi connectivity index (χ4v) is 6.77. The number of para-hydroxylation sites is 1. The smallest absolute Gasteiger partial charge is 0.338 e. The first-order valence-corrected chi connectivity index (χ1v) is 15.5. The predicted octanol–water partition coefficient (Wildman–Crippen LogP) is 4.41. The van der Waals surface area contributed by atoms with Gasteiger partial charge < -0.3 is 14.4 Å². The normalized spacial score (nSPS) is 17.0. The van der Waals surface area contributed by atoms with E-state index in [4.69, 9.17) is 9.47 Å². The number of benzene rings is 2. The Balaban J connectivity index is 1.65. The van der Waals surface area contributed by atoms with Gasteiger partial charge in [-0.25, -0.2) is 9.79 Å². The Labute approximate surface area is 253 Å². The number of thiazole rings is 1. The second-order valence-electron chi connectivity index (χ2n) is 10.5. The van der Waals surface area contributed by atoms with Crippen LogP contribution >= 0.6 is 11.3 Å². The molecule has 1 unspecified atom stereocenters. The quantitative estimate of drug-likeness (QED) is 0.194. The summed E-state index contributed by atoms with van der Waals surface area (Å²) in [4.78, 5) is 59.7. The number of ether oxygens (including phenoxy) is 2. The highest BCUT2D eigenvalue weighted by Gasteiger charge is 2.37. The van der Waals surface area contributed by atoms with E-state index in [0.29, 0.717) is 33.9 Å². The minimum atomic E-state index is -0.850. The van der Waals surface area contributed by atoms with E-state index in [0.717, 1.165) is 54.7 Å². The molecule has 1 aromatic heterocycles. The van der Waals surface area contributed by atoms with Crippen molar-refractivity contribution in [2.24, 2.45) is 4.99 Å². The number of unbranched alkanes of at least 4 members (excludes halogenated alkanes) is 4. The van der Waals surface area contributed by atoms with Crippen LogP contribution in [0.3, 0.4) is 0 Å². The number of carbonyl (C=O) groups excluding carboxylic acids is 3. The summed E-state index contributed by atoms with van der Waals surface area (Å²) in [5.74, 6) is -0.897. The molecule has 0 spiro atoms. The number of hydrogen-bond acceptors (Lipinski definition) is 8. The van der Waals surface area contributed by atoms with E-state index in [2.05, 4.69) is 11.9 Å². The first kappa shape index (κ1) is 30.2. The van der Waals surface area contributed by atoms with Crippen molar-refractivity contribution in [1.82, 2.24) is 4.57 Å². The number of rotatable bonds is 10. The Morgan fingerprint density at radius 1 is 0.977 bits per heavy atom. The topological polar surface area (TPSA) is 107 Å². The van der Waals surface area contributed by atoms with E-state index in [1.165, 1.54) is 11.5 Å². The van der Waals surface area contributed by atoms with Gasteiger partial charge in [0, 0.05) is 19.0 Å². The van der Waals surface area contributed by atoms with E-state index in [1.54, 1.807) is 43.0 Å². The molecule has 0 radical (unpaired) electrons. The minimum absolute atomic E-state index is 0.155. The molecule has 9 nitrogen and oxygen atoms in total. The molecule has 1 atom stereocenters. The summed E-state index contributed by atoms with van der Waals surface area (Å²) >= 11 is 1.15. The highest BCUT2D eigenvalue weighted by molar-refractivity contribution is 7.07. The Bertz CT molecular complexity index is 1780. The molecule has 2 aliphatic rings. The maximum Gasteiger partial charge on any atom is 0.338 e. The summed E-state index contributed by atoms with van der Waals surface area (Å²) in [7, 11) is 0. The third-order valence-corrected chi connectivity index (χ3v) is 8.64. The van der Waals surface area contributed by atoms with Crippen molar-refractivity contribution in [2.75, 3.05) is 18.1 Å². The molecule has 2 aromatic carbocycles. The average Bonchev–Trinajstić information content (AvgIpc) is 3.44. The maximum absolute atomic E-state index is 14.3. The predicted molar refractivity (Wildman–Crippen MR) is 165 cm³/mol. The van der Waals surface area contributed by atoms with Crippen molar-refractivity contribution in [3.8, 4) is 5.75 Å². The Morgan fingerprint density at radius 2 is 1.70 bits per heavy atom. The third-order valence-electron chi connectivity index (χ3n) is 7.59. The van der Waals surface area contributed by atoms with Gasteiger partial charge in [0.15, 0.2) is 4.80 Å². The first-order chi connectivity index (χ1) is 20.8. The zero-order valence-electron chi connectivity index (χ0n) is 24.8. The summed E-state index contributed by atoms with van der Waals surface area (Å²) in [5.41, 5.74) is 2.73. The Morgan fingerprint density at radius 3 is 2.40 bits per heavy atom. The molecule has 0 saturated heterocycles. The number of nitrogens with zero attached hydrogens (tertiary/aromatic N) is 3. The highest BCUT2D eigenvalue weighted by atomic mass is 32.1. The summed E-state index contributed by atoms with van der Waals surface area (Å²) in [6.45, 7) is 7.64. The highest BCUT2D eigenvalue weighted by Crippen LogP contribution is 2.36. The van der Waals surface area contributed by atoms with Gasteiger partial charge in [0.05, 0.1) is 35.2 Å². The van der Waals surface area contributed by atoms with Crippen LogP contribution in [0.5, 0.6) is 5.75 Å². The lowest BCUT2D eigenvalue weighted by molar-refractivity contribution is -0.139. The van der Waals surface area contributed by atoms with E-state index in [1.807, 2.05) is 24.3 Å².